The van der Waals surface area contributed by atoms with Crippen LogP contribution in [0.4, 0.5) is 0 Å². The van der Waals surface area contributed by atoms with Gasteiger partial charge in [0.1, 0.15) is 5.60 Å². The molecule has 0 aliphatic rings. The molecule has 0 saturated carbocycles. The first-order valence-corrected chi connectivity index (χ1v) is 7.32. The molecule has 1 aromatic heterocycles. The summed E-state index contributed by atoms with van der Waals surface area (Å²) in [6, 6.07) is 0. The topological polar surface area (TPSA) is 60.2 Å². The molecule has 0 radical (unpaired) electrons. The molecule has 0 fully saturated rings. The van der Waals surface area contributed by atoms with Crippen molar-refractivity contribution in [3.8, 4) is 0 Å². The van der Waals surface area contributed by atoms with Gasteiger partial charge in [-0.15, -0.1) is 0 Å². The third kappa shape index (κ3) is 3.76. The highest BCUT2D eigenvalue weighted by Gasteiger charge is 2.34. The lowest BCUT2D eigenvalue weighted by Crippen LogP contribution is -2.30. The molecule has 110 valence electrons. The molecule has 1 N–H and O–H groups in total. The van der Waals surface area contributed by atoms with Gasteiger partial charge in [0, 0.05) is 19.1 Å². The van der Waals surface area contributed by atoms with Crippen molar-refractivity contribution in [3.63, 3.8) is 0 Å². The lowest BCUT2D eigenvalue weighted by atomic mass is 9.96. The fourth-order valence-electron chi connectivity index (χ4n) is 2.18. The average molecular weight is 269 g/mol. The highest BCUT2D eigenvalue weighted by atomic mass is 16.5. The van der Waals surface area contributed by atoms with Crippen LogP contribution >= 0.6 is 0 Å². The molecule has 1 heterocycles. The van der Waals surface area contributed by atoms with Crippen LogP contribution < -0.4 is 5.32 Å². The quantitative estimate of drug-likeness (QED) is 0.747. The number of nitrogens with zero attached hydrogens (tertiary/aromatic N) is 2. The Morgan fingerprint density at radius 2 is 1.95 bits per heavy atom. The maximum Gasteiger partial charge on any atom is 0.230 e. The summed E-state index contributed by atoms with van der Waals surface area (Å²) in [5.41, 5.74) is -0.408. The van der Waals surface area contributed by atoms with Gasteiger partial charge in [-0.3, -0.25) is 0 Å². The lowest BCUT2D eigenvalue weighted by molar-refractivity contribution is -0.0583. The molecule has 5 heteroatoms. The zero-order chi connectivity index (χ0) is 14.3. The summed E-state index contributed by atoms with van der Waals surface area (Å²) in [5.74, 6) is 1.58. The van der Waals surface area contributed by atoms with Gasteiger partial charge in [0.05, 0.1) is 0 Å². The van der Waals surface area contributed by atoms with Crippen LogP contribution in [0.15, 0.2) is 4.52 Å². The van der Waals surface area contributed by atoms with Gasteiger partial charge in [-0.2, -0.15) is 4.98 Å². The van der Waals surface area contributed by atoms with Gasteiger partial charge in [0.15, 0.2) is 0 Å². The minimum absolute atomic E-state index is 0.217. The first-order chi connectivity index (χ1) is 9.13. The SMILES string of the molecule is CCNCC(C)c1nc(C(CC)(CC)OCC)no1. The third-order valence-electron chi connectivity index (χ3n) is 3.53. The fourth-order valence-corrected chi connectivity index (χ4v) is 2.18. The minimum Gasteiger partial charge on any atom is -0.367 e. The van der Waals surface area contributed by atoms with Gasteiger partial charge < -0.3 is 14.6 Å². The molecule has 0 aliphatic carbocycles. The molecule has 0 bridgehead atoms. The first kappa shape index (κ1) is 16.1. The summed E-state index contributed by atoms with van der Waals surface area (Å²) in [6.07, 6.45) is 1.69. The molecule has 0 aliphatic heterocycles. The minimum atomic E-state index is -0.408. The predicted octanol–water partition coefficient (Wildman–Crippen LogP) is 2.83. The molecular weight excluding hydrogens is 242 g/mol. The van der Waals surface area contributed by atoms with E-state index in [0.29, 0.717) is 18.3 Å². The van der Waals surface area contributed by atoms with Gasteiger partial charge >= 0.3 is 0 Å². The highest BCUT2D eigenvalue weighted by Crippen LogP contribution is 2.31. The van der Waals surface area contributed by atoms with Gasteiger partial charge in [-0.05, 0) is 26.3 Å². The molecule has 1 aromatic rings. The molecule has 1 rings (SSSR count). The highest BCUT2D eigenvalue weighted by molar-refractivity contribution is 5.03. The van der Waals surface area contributed by atoms with E-state index >= 15 is 0 Å². The van der Waals surface area contributed by atoms with E-state index in [2.05, 4.69) is 43.2 Å². The van der Waals surface area contributed by atoms with Gasteiger partial charge in [-0.25, -0.2) is 0 Å². The van der Waals surface area contributed by atoms with Crippen LogP contribution in [0.25, 0.3) is 0 Å². The van der Waals surface area contributed by atoms with Crippen LogP contribution in [0.1, 0.15) is 65.1 Å². The number of ether oxygens (including phenoxy) is 1. The lowest BCUT2D eigenvalue weighted by Gasteiger charge is -2.27. The Bertz CT molecular complexity index is 361. The van der Waals surface area contributed by atoms with Crippen LogP contribution in [-0.2, 0) is 10.3 Å². The van der Waals surface area contributed by atoms with E-state index in [0.717, 1.165) is 25.9 Å². The summed E-state index contributed by atoms with van der Waals surface area (Å²) in [7, 11) is 0. The standard InChI is InChI=1S/C14H27N3O2/c1-6-14(7-2,18-9-4)13-16-12(19-17-13)11(5)10-15-8-3/h11,15H,6-10H2,1-5H3. The second-order valence-electron chi connectivity index (χ2n) is 4.80. The van der Waals surface area contributed by atoms with Crippen molar-refractivity contribution in [2.45, 2.75) is 59.0 Å². The van der Waals surface area contributed by atoms with Crippen LogP contribution in [0, 0.1) is 0 Å². The number of hydrogen-bond acceptors (Lipinski definition) is 5. The van der Waals surface area contributed by atoms with E-state index in [1.807, 2.05) is 6.92 Å². The summed E-state index contributed by atoms with van der Waals surface area (Å²) in [4.78, 5) is 4.55. The smallest absolute Gasteiger partial charge is 0.230 e. The first-order valence-electron chi connectivity index (χ1n) is 7.32. The Labute approximate surface area is 116 Å². The van der Waals surface area contributed by atoms with E-state index in [4.69, 9.17) is 9.26 Å². The summed E-state index contributed by atoms with van der Waals surface area (Å²) in [6.45, 7) is 12.8. The molecule has 0 spiro atoms. The average Bonchev–Trinajstić information content (AvgIpc) is 2.92. The normalized spacial score (nSPS) is 13.7. The van der Waals surface area contributed by atoms with Crippen molar-refractivity contribution in [1.82, 2.24) is 15.5 Å². The van der Waals surface area contributed by atoms with Crippen molar-refractivity contribution < 1.29 is 9.26 Å². The zero-order valence-corrected chi connectivity index (χ0v) is 12.8. The second kappa shape index (κ2) is 7.60. The Morgan fingerprint density at radius 1 is 1.26 bits per heavy atom. The Kier molecular flexibility index (Phi) is 6.45. The summed E-state index contributed by atoms with van der Waals surface area (Å²) in [5, 5.41) is 7.43. The van der Waals surface area contributed by atoms with Crippen molar-refractivity contribution in [3.05, 3.63) is 11.7 Å². The Hall–Kier alpha value is -0.940. The molecule has 0 amide bonds. The van der Waals surface area contributed by atoms with E-state index in [1.54, 1.807) is 0 Å². The Morgan fingerprint density at radius 3 is 2.47 bits per heavy atom. The molecule has 0 aromatic carbocycles. The van der Waals surface area contributed by atoms with Crippen LogP contribution in [-0.4, -0.2) is 29.8 Å². The molecular formula is C14H27N3O2. The summed E-state index contributed by atoms with van der Waals surface area (Å²) >= 11 is 0. The molecule has 1 atom stereocenters. The molecule has 19 heavy (non-hydrogen) atoms. The van der Waals surface area contributed by atoms with Crippen LogP contribution in [0.5, 0.6) is 0 Å². The predicted molar refractivity (Wildman–Crippen MR) is 75.1 cm³/mol. The molecule has 0 saturated heterocycles. The zero-order valence-electron chi connectivity index (χ0n) is 12.8. The van der Waals surface area contributed by atoms with Crippen LogP contribution in [0.3, 0.4) is 0 Å². The molecule has 5 nitrogen and oxygen atoms in total. The second-order valence-corrected chi connectivity index (χ2v) is 4.80. The number of nitrogens with one attached hydrogen (secondary N) is 1. The van der Waals surface area contributed by atoms with E-state index in [1.165, 1.54) is 0 Å². The largest absolute Gasteiger partial charge is 0.367 e. The van der Waals surface area contributed by atoms with Gasteiger partial charge in [0.2, 0.25) is 11.7 Å². The van der Waals surface area contributed by atoms with Crippen molar-refractivity contribution in [2.24, 2.45) is 0 Å². The number of hydrogen-bond donors (Lipinski definition) is 1. The fraction of sp³-hybridized carbons (Fsp3) is 0.857. The van der Waals surface area contributed by atoms with E-state index < -0.39 is 5.60 Å². The van der Waals surface area contributed by atoms with E-state index in [9.17, 15) is 0 Å². The number of aromatic nitrogens is 2. The summed E-state index contributed by atoms with van der Waals surface area (Å²) < 4.78 is 11.3. The number of likely N-dealkylation sites (N-methyl/N-ethyl adjacent to an activating group) is 1. The Balaban J connectivity index is 2.86. The van der Waals surface area contributed by atoms with Crippen molar-refractivity contribution >= 4 is 0 Å². The molecule has 1 unspecified atom stereocenters. The maximum absolute atomic E-state index is 5.89. The van der Waals surface area contributed by atoms with Gasteiger partial charge in [0.25, 0.3) is 0 Å². The maximum atomic E-state index is 5.89. The van der Waals surface area contributed by atoms with E-state index in [-0.39, 0.29) is 5.92 Å². The monoisotopic (exact) mass is 269 g/mol. The van der Waals surface area contributed by atoms with Gasteiger partial charge in [-0.1, -0.05) is 32.9 Å². The van der Waals surface area contributed by atoms with Crippen molar-refractivity contribution in [1.29, 1.82) is 0 Å². The van der Waals surface area contributed by atoms with Crippen LogP contribution in [0.2, 0.25) is 0 Å². The third-order valence-corrected chi connectivity index (χ3v) is 3.53. The number of rotatable bonds is 9. The van der Waals surface area contributed by atoms with Crippen molar-refractivity contribution in [2.75, 3.05) is 19.7 Å².